The molecule has 0 unspecified atom stereocenters. The van der Waals surface area contributed by atoms with Gasteiger partial charge in [0.25, 0.3) is 0 Å². The quantitative estimate of drug-likeness (QED) is 0.473. The Morgan fingerprint density at radius 1 is 0.960 bits per heavy atom. The molecule has 25 heavy (non-hydrogen) atoms. The van der Waals surface area contributed by atoms with Gasteiger partial charge < -0.3 is 16.0 Å². The van der Waals surface area contributed by atoms with Crippen LogP contribution in [0, 0.1) is 0 Å². The molecule has 0 atom stereocenters. The average Bonchev–Trinajstić information content (AvgIpc) is 2.55. The third-order valence-electron chi connectivity index (χ3n) is 3.55. The van der Waals surface area contributed by atoms with E-state index >= 15 is 0 Å². The Labute approximate surface area is 149 Å². The molecule has 1 rings (SSSR count). The van der Waals surface area contributed by atoms with E-state index in [0.717, 1.165) is 31.2 Å². The molecule has 0 radical (unpaired) electrons. The van der Waals surface area contributed by atoms with E-state index in [1.54, 1.807) is 24.3 Å². The normalized spacial score (nSPS) is 10.4. The second-order valence-corrected chi connectivity index (χ2v) is 6.37. The summed E-state index contributed by atoms with van der Waals surface area (Å²) in [7, 11) is 0. The molecule has 0 bridgehead atoms. The molecule has 1 aromatic carbocycles. The molecule has 0 saturated carbocycles. The van der Waals surface area contributed by atoms with E-state index in [4.69, 9.17) is 0 Å². The van der Waals surface area contributed by atoms with Crippen LogP contribution in [0.4, 0.5) is 5.69 Å². The molecule has 6 nitrogen and oxygen atoms in total. The Bertz CT molecular complexity index is 568. The van der Waals surface area contributed by atoms with E-state index in [9.17, 15) is 14.4 Å². The highest BCUT2D eigenvalue weighted by atomic mass is 16.2. The predicted molar refractivity (Wildman–Crippen MR) is 99.2 cm³/mol. The van der Waals surface area contributed by atoms with Crippen LogP contribution in [0.2, 0.25) is 0 Å². The van der Waals surface area contributed by atoms with E-state index < -0.39 is 11.8 Å². The average molecular weight is 347 g/mol. The summed E-state index contributed by atoms with van der Waals surface area (Å²) in [4.78, 5) is 35.3. The van der Waals surface area contributed by atoms with Gasteiger partial charge in [-0.15, -0.1) is 0 Å². The fourth-order valence-corrected chi connectivity index (χ4v) is 2.29. The number of carbonyl (C=O) groups excluding carboxylic acids is 3. The van der Waals surface area contributed by atoms with Gasteiger partial charge in [0.2, 0.25) is 5.91 Å². The molecule has 1 aromatic rings. The third-order valence-corrected chi connectivity index (χ3v) is 3.55. The van der Waals surface area contributed by atoms with Crippen molar-refractivity contribution in [1.29, 1.82) is 0 Å². The van der Waals surface area contributed by atoms with Crippen LogP contribution in [0.1, 0.15) is 52.0 Å². The maximum Gasteiger partial charge on any atom is 0.313 e. The van der Waals surface area contributed by atoms with Gasteiger partial charge in [-0.1, -0.05) is 38.3 Å². The summed E-state index contributed by atoms with van der Waals surface area (Å²) in [5.41, 5.74) is 1.37. The van der Waals surface area contributed by atoms with Gasteiger partial charge in [-0.3, -0.25) is 14.4 Å². The lowest BCUT2D eigenvalue weighted by Crippen LogP contribution is -2.35. The number of hydrogen-bond donors (Lipinski definition) is 3. The van der Waals surface area contributed by atoms with Crippen molar-refractivity contribution in [2.24, 2.45) is 0 Å². The minimum Gasteiger partial charge on any atom is -0.354 e. The van der Waals surface area contributed by atoms with Gasteiger partial charge in [0.1, 0.15) is 0 Å². The minimum absolute atomic E-state index is 0.0470. The number of rotatable bonds is 9. The van der Waals surface area contributed by atoms with Crippen LogP contribution < -0.4 is 16.0 Å². The summed E-state index contributed by atoms with van der Waals surface area (Å²) < 4.78 is 0. The van der Waals surface area contributed by atoms with Crippen molar-refractivity contribution in [3.8, 4) is 0 Å². The first-order chi connectivity index (χ1) is 11.9. The van der Waals surface area contributed by atoms with Crippen LogP contribution in [0.15, 0.2) is 24.3 Å². The minimum atomic E-state index is -0.680. The molecule has 0 aliphatic heterocycles. The zero-order chi connectivity index (χ0) is 18.7. The van der Waals surface area contributed by atoms with Crippen LogP contribution in [0.5, 0.6) is 0 Å². The number of unbranched alkanes of at least 4 members (excludes halogenated alkanes) is 3. The van der Waals surface area contributed by atoms with E-state index in [1.807, 2.05) is 13.8 Å². The number of anilines is 1. The molecule has 3 amide bonds. The molecule has 0 aliphatic carbocycles. The second kappa shape index (κ2) is 11.2. The number of carbonyl (C=O) groups is 3. The van der Waals surface area contributed by atoms with E-state index in [1.165, 1.54) is 0 Å². The van der Waals surface area contributed by atoms with Crippen molar-refractivity contribution in [1.82, 2.24) is 10.6 Å². The maximum absolute atomic E-state index is 11.8. The summed E-state index contributed by atoms with van der Waals surface area (Å²) >= 11 is 0. The first-order valence-corrected chi connectivity index (χ1v) is 8.89. The number of hydrogen-bond acceptors (Lipinski definition) is 3. The maximum atomic E-state index is 11.8. The topological polar surface area (TPSA) is 87.3 Å². The molecule has 6 heteroatoms. The zero-order valence-electron chi connectivity index (χ0n) is 15.4. The molecular weight excluding hydrogens is 318 g/mol. The number of benzene rings is 1. The Morgan fingerprint density at radius 3 is 2.24 bits per heavy atom. The first-order valence-electron chi connectivity index (χ1n) is 8.89. The van der Waals surface area contributed by atoms with Crippen LogP contribution >= 0.6 is 0 Å². The Morgan fingerprint density at radius 2 is 1.64 bits per heavy atom. The Kier molecular flexibility index (Phi) is 9.29. The predicted octanol–water partition coefficient (Wildman–Crippen LogP) is 2.39. The van der Waals surface area contributed by atoms with Gasteiger partial charge in [-0.2, -0.15) is 0 Å². The van der Waals surface area contributed by atoms with Gasteiger partial charge >= 0.3 is 11.8 Å². The van der Waals surface area contributed by atoms with Gasteiger partial charge in [-0.05, 0) is 38.0 Å². The summed E-state index contributed by atoms with van der Waals surface area (Å²) in [5.74, 6) is -1.35. The van der Waals surface area contributed by atoms with Gasteiger partial charge in [0, 0.05) is 18.3 Å². The zero-order valence-corrected chi connectivity index (χ0v) is 15.4. The monoisotopic (exact) mass is 347 g/mol. The van der Waals surface area contributed by atoms with Crippen molar-refractivity contribution in [3.05, 3.63) is 29.8 Å². The van der Waals surface area contributed by atoms with Crippen molar-refractivity contribution in [2.45, 2.75) is 58.9 Å². The lowest BCUT2D eigenvalue weighted by Gasteiger charge is -2.09. The van der Waals surface area contributed by atoms with Crippen molar-refractivity contribution in [2.75, 3.05) is 11.9 Å². The summed E-state index contributed by atoms with van der Waals surface area (Å²) in [6.45, 7) is 6.45. The van der Waals surface area contributed by atoms with E-state index in [-0.39, 0.29) is 18.4 Å². The molecule has 0 heterocycles. The fraction of sp³-hybridized carbons (Fsp3) is 0.526. The molecule has 0 aromatic heterocycles. The highest BCUT2D eigenvalue weighted by Crippen LogP contribution is 2.10. The number of amides is 3. The van der Waals surface area contributed by atoms with Crippen molar-refractivity contribution in [3.63, 3.8) is 0 Å². The van der Waals surface area contributed by atoms with Crippen LogP contribution in [0.25, 0.3) is 0 Å². The third kappa shape index (κ3) is 8.88. The highest BCUT2D eigenvalue weighted by molar-refractivity contribution is 6.39. The van der Waals surface area contributed by atoms with Crippen LogP contribution in [-0.4, -0.2) is 30.3 Å². The van der Waals surface area contributed by atoms with Gasteiger partial charge in [-0.25, -0.2) is 0 Å². The lowest BCUT2D eigenvalue weighted by molar-refractivity contribution is -0.136. The Hall–Kier alpha value is -2.37. The van der Waals surface area contributed by atoms with Gasteiger partial charge in [0.05, 0.1) is 6.42 Å². The van der Waals surface area contributed by atoms with Crippen molar-refractivity contribution >= 4 is 23.4 Å². The standard InChI is InChI=1S/C19H29N3O3/c1-4-5-6-7-12-20-18(24)19(25)22-16-10-8-15(9-11-16)13-17(23)21-14(2)3/h8-11,14H,4-7,12-13H2,1-3H3,(H,20,24)(H,21,23)(H,22,25). The van der Waals surface area contributed by atoms with Crippen LogP contribution in [0.3, 0.4) is 0 Å². The molecule has 0 saturated heterocycles. The molecule has 138 valence electrons. The summed E-state index contributed by atoms with van der Waals surface area (Å²) in [5, 5.41) is 7.99. The molecule has 0 spiro atoms. The van der Waals surface area contributed by atoms with E-state index in [0.29, 0.717) is 12.2 Å². The van der Waals surface area contributed by atoms with E-state index in [2.05, 4.69) is 22.9 Å². The first kappa shape index (κ1) is 20.7. The smallest absolute Gasteiger partial charge is 0.313 e. The summed E-state index contributed by atoms with van der Waals surface area (Å²) in [6.07, 6.45) is 4.46. The van der Waals surface area contributed by atoms with Crippen LogP contribution in [-0.2, 0) is 20.8 Å². The molecule has 0 fully saturated rings. The number of nitrogens with one attached hydrogen (secondary N) is 3. The largest absolute Gasteiger partial charge is 0.354 e. The Balaban J connectivity index is 2.39. The lowest BCUT2D eigenvalue weighted by atomic mass is 10.1. The summed E-state index contributed by atoms with van der Waals surface area (Å²) in [6, 6.07) is 7.00. The van der Waals surface area contributed by atoms with Crippen molar-refractivity contribution < 1.29 is 14.4 Å². The highest BCUT2D eigenvalue weighted by Gasteiger charge is 2.13. The molecule has 0 aliphatic rings. The molecule has 3 N–H and O–H groups in total. The molecular formula is C19H29N3O3. The van der Waals surface area contributed by atoms with Gasteiger partial charge in [0.15, 0.2) is 0 Å². The second-order valence-electron chi connectivity index (χ2n) is 6.37. The SMILES string of the molecule is CCCCCCNC(=O)C(=O)Nc1ccc(CC(=O)NC(C)C)cc1. The fourth-order valence-electron chi connectivity index (χ4n) is 2.29.